The van der Waals surface area contributed by atoms with Gasteiger partial charge in [-0.05, 0) is 29.8 Å². The minimum Gasteiger partial charge on any atom is -0.493 e. The van der Waals surface area contributed by atoms with Crippen LogP contribution in [0.5, 0.6) is 11.5 Å². The topological polar surface area (TPSA) is 129 Å². The lowest BCUT2D eigenvalue weighted by Gasteiger charge is -2.40. The van der Waals surface area contributed by atoms with E-state index in [4.69, 9.17) is 9.47 Å². The molecule has 0 spiro atoms. The molecule has 0 radical (unpaired) electrons. The molecular formula is C26H29FN2O7. The third-order valence-electron chi connectivity index (χ3n) is 6.56. The molecule has 2 amide bonds. The van der Waals surface area contributed by atoms with Crippen LogP contribution in [0.25, 0.3) is 0 Å². The van der Waals surface area contributed by atoms with E-state index in [1.54, 1.807) is 24.3 Å². The Morgan fingerprint density at radius 1 is 1.22 bits per heavy atom. The smallest absolute Gasteiger partial charge is 0.247 e. The van der Waals surface area contributed by atoms with Gasteiger partial charge >= 0.3 is 0 Å². The first kappa shape index (κ1) is 25.6. The fraction of sp³-hybridized carbons (Fsp3) is 0.385. The zero-order valence-electron chi connectivity index (χ0n) is 20.0. The van der Waals surface area contributed by atoms with E-state index in [0.717, 1.165) is 0 Å². The highest BCUT2D eigenvalue weighted by Crippen LogP contribution is 2.51. The van der Waals surface area contributed by atoms with Gasteiger partial charge in [0.1, 0.15) is 18.0 Å². The molecule has 0 fully saturated rings. The van der Waals surface area contributed by atoms with Gasteiger partial charge in [-0.3, -0.25) is 9.59 Å². The fourth-order valence-corrected chi connectivity index (χ4v) is 4.86. The number of ether oxygens (including phenoxy) is 2. The SMILES string of the molecule is COc1cc(CO)cc2c1OC1C2C(C(=O)NCCO)=CC(N(Cc2ccccc2F)C(C)=O)C1O. The normalized spacial score (nSPS) is 22.1. The average molecular weight is 501 g/mol. The van der Waals surface area contributed by atoms with E-state index in [-0.39, 0.29) is 37.4 Å². The number of hydrogen-bond acceptors (Lipinski definition) is 7. The number of amides is 2. The predicted octanol–water partition coefficient (Wildman–Crippen LogP) is 0.998. The minimum absolute atomic E-state index is 0.000143. The van der Waals surface area contributed by atoms with Crippen LogP contribution in [0.3, 0.4) is 0 Å². The molecular weight excluding hydrogens is 471 g/mol. The molecule has 2 aromatic carbocycles. The number of nitrogens with one attached hydrogen (secondary N) is 1. The summed E-state index contributed by atoms with van der Waals surface area (Å²) in [5.74, 6) is -1.50. The number of fused-ring (bicyclic) bond motifs is 3. The molecule has 1 heterocycles. The van der Waals surface area contributed by atoms with Gasteiger partial charge in [0.15, 0.2) is 11.5 Å². The van der Waals surface area contributed by atoms with Crippen molar-refractivity contribution in [3.8, 4) is 11.5 Å². The van der Waals surface area contributed by atoms with E-state index in [9.17, 15) is 29.3 Å². The number of rotatable bonds is 8. The highest BCUT2D eigenvalue weighted by atomic mass is 19.1. The van der Waals surface area contributed by atoms with Gasteiger partial charge in [0.2, 0.25) is 11.8 Å². The Kier molecular flexibility index (Phi) is 7.58. The summed E-state index contributed by atoms with van der Waals surface area (Å²) in [4.78, 5) is 27.2. The van der Waals surface area contributed by atoms with Crippen molar-refractivity contribution >= 4 is 11.8 Å². The fourth-order valence-electron chi connectivity index (χ4n) is 4.86. The van der Waals surface area contributed by atoms with Crippen molar-refractivity contribution in [2.75, 3.05) is 20.3 Å². The van der Waals surface area contributed by atoms with Crippen LogP contribution < -0.4 is 14.8 Å². The molecule has 4 N–H and O–H groups in total. The first-order chi connectivity index (χ1) is 17.3. The van der Waals surface area contributed by atoms with Crippen molar-refractivity contribution in [2.45, 2.75) is 44.2 Å². The van der Waals surface area contributed by atoms with Crippen molar-refractivity contribution in [2.24, 2.45) is 0 Å². The third-order valence-corrected chi connectivity index (χ3v) is 6.56. The highest BCUT2D eigenvalue weighted by molar-refractivity contribution is 5.96. The number of benzene rings is 2. The Hall–Kier alpha value is -3.47. The Morgan fingerprint density at radius 3 is 2.61 bits per heavy atom. The lowest BCUT2D eigenvalue weighted by atomic mass is 9.77. The molecule has 2 aromatic rings. The molecule has 0 aromatic heterocycles. The molecule has 10 heteroatoms. The van der Waals surface area contributed by atoms with Gasteiger partial charge in [-0.15, -0.1) is 0 Å². The number of aliphatic hydroxyl groups excluding tert-OH is 3. The van der Waals surface area contributed by atoms with Crippen LogP contribution in [-0.2, 0) is 22.7 Å². The summed E-state index contributed by atoms with van der Waals surface area (Å²) in [5, 5.41) is 33.0. The molecule has 2 aliphatic rings. The van der Waals surface area contributed by atoms with Crippen molar-refractivity contribution in [3.63, 3.8) is 0 Å². The molecule has 0 bridgehead atoms. The Balaban J connectivity index is 1.81. The van der Waals surface area contributed by atoms with E-state index in [1.807, 2.05) is 0 Å². The molecule has 192 valence electrons. The van der Waals surface area contributed by atoms with Crippen LogP contribution in [-0.4, -0.2) is 70.5 Å². The van der Waals surface area contributed by atoms with E-state index >= 15 is 0 Å². The zero-order valence-corrected chi connectivity index (χ0v) is 20.0. The van der Waals surface area contributed by atoms with Crippen molar-refractivity contribution in [1.29, 1.82) is 0 Å². The number of hydrogen-bond donors (Lipinski definition) is 4. The standard InChI is InChI=1S/C26H29FN2O7/c1-14(32)29(12-16-5-3-4-6-19(16)27)20-11-18(26(34)28-7-8-30)22-17-9-15(13-31)10-21(35-2)24(17)36-25(22)23(20)33/h3-6,9-11,20,22-23,25,30-31,33H,7-8,12-13H2,1-2H3,(H,28,34). The Morgan fingerprint density at radius 2 is 1.97 bits per heavy atom. The van der Waals surface area contributed by atoms with Gasteiger partial charge in [-0.1, -0.05) is 18.2 Å². The molecule has 1 aliphatic carbocycles. The van der Waals surface area contributed by atoms with Gasteiger partial charge < -0.3 is 35.0 Å². The van der Waals surface area contributed by atoms with Crippen molar-refractivity contribution < 1.29 is 38.8 Å². The van der Waals surface area contributed by atoms with Gasteiger partial charge in [0.25, 0.3) is 0 Å². The lowest BCUT2D eigenvalue weighted by Crippen LogP contribution is -2.55. The van der Waals surface area contributed by atoms with Gasteiger partial charge in [0, 0.05) is 36.7 Å². The highest BCUT2D eigenvalue weighted by Gasteiger charge is 2.51. The summed E-state index contributed by atoms with van der Waals surface area (Å²) >= 11 is 0. The predicted molar refractivity (Wildman–Crippen MR) is 127 cm³/mol. The first-order valence-electron chi connectivity index (χ1n) is 11.6. The van der Waals surface area contributed by atoms with Crippen LogP contribution in [0.1, 0.15) is 29.5 Å². The van der Waals surface area contributed by atoms with Gasteiger partial charge in [-0.2, -0.15) is 0 Å². The molecule has 0 saturated heterocycles. The molecule has 0 saturated carbocycles. The summed E-state index contributed by atoms with van der Waals surface area (Å²) in [6, 6.07) is 8.31. The van der Waals surface area contributed by atoms with E-state index in [0.29, 0.717) is 22.6 Å². The van der Waals surface area contributed by atoms with Crippen LogP contribution in [0.2, 0.25) is 0 Å². The largest absolute Gasteiger partial charge is 0.493 e. The third kappa shape index (κ3) is 4.67. The maximum Gasteiger partial charge on any atom is 0.247 e. The Labute approximate surface area is 207 Å². The summed E-state index contributed by atoms with van der Waals surface area (Å²) in [6.07, 6.45) is -0.734. The zero-order chi connectivity index (χ0) is 26.0. The molecule has 4 unspecified atom stereocenters. The number of carbonyl (C=O) groups excluding carboxylic acids is 2. The number of halogens is 1. The van der Waals surface area contributed by atoms with E-state index < -0.39 is 41.8 Å². The molecule has 1 aliphatic heterocycles. The summed E-state index contributed by atoms with van der Waals surface area (Å²) < 4.78 is 26.0. The van der Waals surface area contributed by atoms with Gasteiger partial charge in [0.05, 0.1) is 32.3 Å². The Bertz CT molecular complexity index is 1180. The maximum atomic E-state index is 14.4. The summed E-state index contributed by atoms with van der Waals surface area (Å²) in [7, 11) is 1.44. The summed E-state index contributed by atoms with van der Waals surface area (Å²) in [5.41, 5.74) is 1.56. The number of aliphatic hydroxyl groups is 3. The van der Waals surface area contributed by atoms with Crippen LogP contribution in [0.15, 0.2) is 48.0 Å². The molecule has 9 nitrogen and oxygen atoms in total. The number of methoxy groups -OCH3 is 1. The minimum atomic E-state index is -1.27. The van der Waals surface area contributed by atoms with Crippen molar-refractivity contribution in [3.05, 3.63) is 70.6 Å². The second kappa shape index (κ2) is 10.7. The second-order valence-electron chi connectivity index (χ2n) is 8.76. The maximum absolute atomic E-state index is 14.4. The molecule has 36 heavy (non-hydrogen) atoms. The second-order valence-corrected chi connectivity index (χ2v) is 8.76. The quantitative estimate of drug-likeness (QED) is 0.426. The number of nitrogens with zero attached hydrogens (tertiary/aromatic N) is 1. The van der Waals surface area contributed by atoms with Gasteiger partial charge in [-0.25, -0.2) is 4.39 Å². The van der Waals surface area contributed by atoms with E-state index in [1.165, 1.54) is 37.1 Å². The number of carbonyl (C=O) groups is 2. The lowest BCUT2D eigenvalue weighted by molar-refractivity contribution is -0.135. The summed E-state index contributed by atoms with van der Waals surface area (Å²) in [6.45, 7) is 0.623. The molecule has 4 rings (SSSR count). The van der Waals surface area contributed by atoms with Crippen molar-refractivity contribution in [1.82, 2.24) is 10.2 Å². The van der Waals surface area contributed by atoms with E-state index in [2.05, 4.69) is 5.32 Å². The average Bonchev–Trinajstić information content (AvgIpc) is 3.26. The first-order valence-corrected chi connectivity index (χ1v) is 11.6. The van der Waals surface area contributed by atoms with Crippen LogP contribution in [0, 0.1) is 5.82 Å². The van der Waals surface area contributed by atoms with Crippen LogP contribution >= 0.6 is 0 Å². The molecule has 4 atom stereocenters. The van der Waals surface area contributed by atoms with Crippen LogP contribution in [0.4, 0.5) is 4.39 Å². The monoisotopic (exact) mass is 500 g/mol.